The van der Waals surface area contributed by atoms with Gasteiger partial charge in [-0.3, -0.25) is 0 Å². The first-order valence-electron chi connectivity index (χ1n) is 5.89. The first-order valence-corrected chi connectivity index (χ1v) is 7.14. The van der Waals surface area contributed by atoms with Crippen molar-refractivity contribution in [2.75, 3.05) is 0 Å². The molecule has 1 aromatic rings. The van der Waals surface area contributed by atoms with Gasteiger partial charge in [-0.05, 0) is 31.4 Å². The molecule has 0 aliphatic heterocycles. The van der Waals surface area contributed by atoms with Crippen LogP contribution in [0.5, 0.6) is 0 Å². The molecule has 0 saturated heterocycles. The second kappa shape index (κ2) is 6.55. The summed E-state index contributed by atoms with van der Waals surface area (Å²) < 4.78 is 0. The van der Waals surface area contributed by atoms with E-state index < -0.39 is 0 Å². The first kappa shape index (κ1) is 13.1. The van der Waals surface area contributed by atoms with Crippen molar-refractivity contribution in [3.8, 4) is 0 Å². The van der Waals surface area contributed by atoms with Crippen LogP contribution in [0.2, 0.25) is 0 Å². The zero-order valence-electron chi connectivity index (χ0n) is 9.92. The first-order chi connectivity index (χ1) is 7.19. The Kier molecular flexibility index (Phi) is 5.70. The predicted molar refractivity (Wildman–Crippen MR) is 71.0 cm³/mol. The van der Waals surface area contributed by atoms with Gasteiger partial charge >= 0.3 is 0 Å². The van der Waals surface area contributed by atoms with Gasteiger partial charge in [0.25, 0.3) is 0 Å². The summed E-state index contributed by atoms with van der Waals surface area (Å²) in [7, 11) is 0. The van der Waals surface area contributed by atoms with Crippen LogP contribution < -0.4 is 0 Å². The minimum atomic E-state index is 0.222. The molecule has 0 aliphatic carbocycles. The molecule has 2 unspecified atom stereocenters. The highest BCUT2D eigenvalue weighted by Crippen LogP contribution is 2.37. The minimum absolute atomic E-state index is 0.222. The summed E-state index contributed by atoms with van der Waals surface area (Å²) in [6.07, 6.45) is 5.01. The Balaban J connectivity index is 2.59. The van der Waals surface area contributed by atoms with Gasteiger partial charge in [0.15, 0.2) is 0 Å². The maximum atomic E-state index is 6.53. The van der Waals surface area contributed by atoms with E-state index in [0.29, 0.717) is 5.92 Å². The Labute approximate surface area is 103 Å². The summed E-state index contributed by atoms with van der Waals surface area (Å²) in [4.78, 5) is 2.71. The van der Waals surface area contributed by atoms with E-state index >= 15 is 0 Å². The molecular formula is C13H21ClS. The maximum absolute atomic E-state index is 6.53. The molecular weight excluding hydrogens is 224 g/mol. The predicted octanol–water partition coefficient (Wildman–Crippen LogP) is 5.55. The molecule has 0 aromatic carbocycles. The zero-order chi connectivity index (χ0) is 11.3. The van der Waals surface area contributed by atoms with Gasteiger partial charge in [-0.15, -0.1) is 22.9 Å². The monoisotopic (exact) mass is 244 g/mol. The van der Waals surface area contributed by atoms with Crippen LogP contribution in [0.15, 0.2) is 12.1 Å². The van der Waals surface area contributed by atoms with Crippen LogP contribution in [-0.4, -0.2) is 0 Å². The van der Waals surface area contributed by atoms with E-state index in [2.05, 4.69) is 32.9 Å². The second-order valence-corrected chi connectivity index (χ2v) is 5.95. The number of thiophene rings is 1. The fraction of sp³-hybridized carbons (Fsp3) is 0.692. The molecule has 0 nitrogen and oxygen atoms in total. The van der Waals surface area contributed by atoms with Gasteiger partial charge in [0.05, 0.1) is 5.38 Å². The van der Waals surface area contributed by atoms with Gasteiger partial charge in [-0.2, -0.15) is 0 Å². The topological polar surface area (TPSA) is 0 Å². The van der Waals surface area contributed by atoms with E-state index in [9.17, 15) is 0 Å². The highest BCUT2D eigenvalue weighted by Gasteiger charge is 2.20. The lowest BCUT2D eigenvalue weighted by Crippen LogP contribution is -2.05. The maximum Gasteiger partial charge on any atom is 0.0706 e. The van der Waals surface area contributed by atoms with Gasteiger partial charge in [0.1, 0.15) is 0 Å². The molecule has 0 radical (unpaired) electrons. The Morgan fingerprint density at radius 2 is 2.07 bits per heavy atom. The van der Waals surface area contributed by atoms with E-state index in [0.717, 1.165) is 0 Å². The van der Waals surface area contributed by atoms with Crippen LogP contribution in [0.4, 0.5) is 0 Å². The molecule has 0 aliphatic rings. The summed E-state index contributed by atoms with van der Waals surface area (Å²) in [5.74, 6) is 0.643. The molecule has 1 rings (SSSR count). The lowest BCUT2D eigenvalue weighted by Gasteiger charge is -2.19. The average Bonchev–Trinajstić information content (AvgIpc) is 2.65. The SMILES string of the molecule is CCCCC(CC)C(Cl)c1ccc(C)s1. The molecule has 15 heavy (non-hydrogen) atoms. The fourth-order valence-electron chi connectivity index (χ4n) is 1.86. The quantitative estimate of drug-likeness (QED) is 0.576. The summed E-state index contributed by atoms with van der Waals surface area (Å²) >= 11 is 8.37. The third kappa shape index (κ3) is 3.81. The Morgan fingerprint density at radius 1 is 1.33 bits per heavy atom. The molecule has 0 bridgehead atoms. The van der Waals surface area contributed by atoms with Gasteiger partial charge < -0.3 is 0 Å². The van der Waals surface area contributed by atoms with Crippen LogP contribution in [0.25, 0.3) is 0 Å². The molecule has 0 saturated carbocycles. The van der Waals surface area contributed by atoms with Gasteiger partial charge in [-0.1, -0.05) is 33.1 Å². The molecule has 86 valence electrons. The van der Waals surface area contributed by atoms with Crippen molar-refractivity contribution >= 4 is 22.9 Å². The van der Waals surface area contributed by atoms with Crippen molar-refractivity contribution in [2.24, 2.45) is 5.92 Å². The Bertz CT molecular complexity index is 280. The van der Waals surface area contributed by atoms with Gasteiger partial charge in [-0.25, -0.2) is 0 Å². The number of halogens is 1. The van der Waals surface area contributed by atoms with Gasteiger partial charge in [0, 0.05) is 9.75 Å². The van der Waals surface area contributed by atoms with Gasteiger partial charge in [0.2, 0.25) is 0 Å². The van der Waals surface area contributed by atoms with Crippen molar-refractivity contribution in [1.82, 2.24) is 0 Å². The standard InChI is InChI=1S/C13H21ClS/c1-4-6-7-11(5-2)13(14)12-9-8-10(3)15-12/h8-9,11,13H,4-7H2,1-3H3. The van der Waals surface area contributed by atoms with Crippen molar-refractivity contribution in [2.45, 2.75) is 51.8 Å². The van der Waals surface area contributed by atoms with Crippen LogP contribution in [0, 0.1) is 12.8 Å². The highest BCUT2D eigenvalue weighted by molar-refractivity contribution is 7.12. The number of hydrogen-bond acceptors (Lipinski definition) is 1. The van der Waals surface area contributed by atoms with Crippen LogP contribution in [0.1, 0.15) is 54.7 Å². The summed E-state index contributed by atoms with van der Waals surface area (Å²) in [6, 6.07) is 4.36. The Morgan fingerprint density at radius 3 is 2.53 bits per heavy atom. The van der Waals surface area contributed by atoms with Crippen molar-refractivity contribution in [3.63, 3.8) is 0 Å². The number of rotatable bonds is 6. The number of unbranched alkanes of at least 4 members (excludes halogenated alkanes) is 1. The molecule has 0 amide bonds. The normalized spacial score (nSPS) is 15.2. The summed E-state index contributed by atoms with van der Waals surface area (Å²) in [5, 5.41) is 0.222. The third-order valence-electron chi connectivity index (χ3n) is 2.90. The van der Waals surface area contributed by atoms with E-state index in [-0.39, 0.29) is 5.38 Å². The third-order valence-corrected chi connectivity index (χ3v) is 4.70. The molecule has 2 atom stereocenters. The van der Waals surface area contributed by atoms with E-state index in [1.54, 1.807) is 0 Å². The second-order valence-electron chi connectivity index (χ2n) is 4.16. The molecule has 0 spiro atoms. The molecule has 0 N–H and O–H groups in total. The van der Waals surface area contributed by atoms with Crippen molar-refractivity contribution < 1.29 is 0 Å². The van der Waals surface area contributed by atoms with E-state index in [4.69, 9.17) is 11.6 Å². The molecule has 1 aromatic heterocycles. The fourth-order valence-corrected chi connectivity index (χ4v) is 3.32. The lowest BCUT2D eigenvalue weighted by atomic mass is 9.95. The van der Waals surface area contributed by atoms with Crippen LogP contribution >= 0.6 is 22.9 Å². The lowest BCUT2D eigenvalue weighted by molar-refractivity contribution is 0.440. The van der Waals surface area contributed by atoms with Crippen molar-refractivity contribution in [3.05, 3.63) is 21.9 Å². The smallest absolute Gasteiger partial charge is 0.0706 e. The minimum Gasteiger partial charge on any atom is -0.144 e. The van der Waals surface area contributed by atoms with Crippen LogP contribution in [0.3, 0.4) is 0 Å². The average molecular weight is 245 g/mol. The van der Waals surface area contributed by atoms with Crippen LogP contribution in [-0.2, 0) is 0 Å². The largest absolute Gasteiger partial charge is 0.144 e. The summed E-state index contributed by atoms with van der Waals surface area (Å²) in [6.45, 7) is 6.63. The molecule has 0 fully saturated rings. The van der Waals surface area contributed by atoms with E-state index in [1.165, 1.54) is 35.4 Å². The molecule has 2 heteroatoms. The number of alkyl halides is 1. The Hall–Kier alpha value is -0.0100. The zero-order valence-corrected chi connectivity index (χ0v) is 11.5. The molecule has 1 heterocycles. The van der Waals surface area contributed by atoms with Crippen molar-refractivity contribution in [1.29, 1.82) is 0 Å². The van der Waals surface area contributed by atoms with E-state index in [1.807, 2.05) is 11.3 Å². The summed E-state index contributed by atoms with van der Waals surface area (Å²) in [5.41, 5.74) is 0. The highest BCUT2D eigenvalue weighted by atomic mass is 35.5. The number of aryl methyl sites for hydroxylation is 1. The number of hydrogen-bond donors (Lipinski definition) is 0.